The van der Waals surface area contributed by atoms with E-state index in [1.165, 1.54) is 6.07 Å². The molecular weight excluding hydrogens is 230 g/mol. The van der Waals surface area contributed by atoms with E-state index in [-0.39, 0.29) is 10.5 Å². The maximum absolute atomic E-state index is 11.9. The van der Waals surface area contributed by atoms with Gasteiger partial charge in [-0.15, -0.1) is 0 Å². The predicted octanol–water partition coefficient (Wildman–Crippen LogP) is 0.686. The molecule has 0 saturated carbocycles. The van der Waals surface area contributed by atoms with Gasteiger partial charge in [0, 0.05) is 6.92 Å². The molecule has 1 aromatic carbocycles. The number of carbonyl (C=O) groups excluding carboxylic acids is 2. The first-order valence-corrected chi connectivity index (χ1v) is 6.01. The van der Waals surface area contributed by atoms with Crippen molar-refractivity contribution in [3.05, 3.63) is 29.3 Å². The summed E-state index contributed by atoms with van der Waals surface area (Å²) in [6, 6.07) is 4.51. The first-order valence-electron chi connectivity index (χ1n) is 4.57. The average Bonchev–Trinajstić information content (AvgIpc) is 2.35. The third-order valence-electron chi connectivity index (χ3n) is 2.44. The third kappa shape index (κ3) is 1.19. The van der Waals surface area contributed by atoms with Crippen LogP contribution in [0.2, 0.25) is 0 Å². The van der Waals surface area contributed by atoms with Crippen molar-refractivity contribution in [1.29, 1.82) is 0 Å². The summed E-state index contributed by atoms with van der Waals surface area (Å²) in [4.78, 5) is 22.9. The predicted molar refractivity (Wildman–Crippen MR) is 55.2 cm³/mol. The van der Waals surface area contributed by atoms with E-state index in [1.54, 1.807) is 19.1 Å². The highest BCUT2D eigenvalue weighted by Crippen LogP contribution is 2.32. The monoisotopic (exact) mass is 239 g/mol. The second-order valence-electron chi connectivity index (χ2n) is 3.54. The van der Waals surface area contributed by atoms with Crippen molar-refractivity contribution >= 4 is 21.8 Å². The van der Waals surface area contributed by atoms with Crippen LogP contribution in [-0.2, 0) is 14.8 Å². The Balaban J connectivity index is 2.82. The van der Waals surface area contributed by atoms with E-state index in [9.17, 15) is 18.0 Å². The highest BCUT2D eigenvalue weighted by Gasteiger charge is 2.44. The largest absolute Gasteiger partial charge is 0.276 e. The number of aryl methyl sites for hydroxylation is 1. The number of hydrogen-bond acceptors (Lipinski definition) is 4. The van der Waals surface area contributed by atoms with Crippen LogP contribution >= 0.6 is 0 Å². The molecule has 16 heavy (non-hydrogen) atoms. The Hall–Kier alpha value is -1.69. The van der Waals surface area contributed by atoms with Crippen molar-refractivity contribution in [3.63, 3.8) is 0 Å². The number of rotatable bonds is 0. The molecule has 1 aromatic rings. The molecule has 0 N–H and O–H groups in total. The summed E-state index contributed by atoms with van der Waals surface area (Å²) in [6.45, 7) is 2.69. The fraction of sp³-hybridized carbons (Fsp3) is 0.200. The molecule has 5 nitrogen and oxygen atoms in total. The normalized spacial score (nSPS) is 17.4. The maximum Gasteiger partial charge on any atom is 0.276 e. The Kier molecular flexibility index (Phi) is 2.13. The fourth-order valence-electron chi connectivity index (χ4n) is 1.75. The van der Waals surface area contributed by atoms with Gasteiger partial charge >= 0.3 is 0 Å². The minimum atomic E-state index is -3.98. The first-order chi connectivity index (χ1) is 7.37. The van der Waals surface area contributed by atoms with Crippen LogP contribution in [0.25, 0.3) is 0 Å². The first kappa shape index (κ1) is 10.8. The Morgan fingerprint density at radius 3 is 2.44 bits per heavy atom. The summed E-state index contributed by atoms with van der Waals surface area (Å²) in [5, 5.41) is 0. The van der Waals surface area contributed by atoms with Gasteiger partial charge in [-0.2, -0.15) is 4.31 Å². The van der Waals surface area contributed by atoms with E-state index in [4.69, 9.17) is 0 Å². The van der Waals surface area contributed by atoms with Crippen molar-refractivity contribution < 1.29 is 18.0 Å². The van der Waals surface area contributed by atoms with Crippen molar-refractivity contribution in [3.8, 4) is 0 Å². The summed E-state index contributed by atoms with van der Waals surface area (Å²) in [5.41, 5.74) is 0.646. The fourth-order valence-corrected chi connectivity index (χ4v) is 3.35. The zero-order valence-corrected chi connectivity index (χ0v) is 9.54. The third-order valence-corrected chi connectivity index (χ3v) is 4.24. The second kappa shape index (κ2) is 3.15. The molecule has 0 aliphatic carbocycles. The molecule has 84 valence electrons. The van der Waals surface area contributed by atoms with Crippen molar-refractivity contribution in [2.24, 2.45) is 0 Å². The number of imide groups is 1. The number of fused-ring (bicyclic) bond motifs is 1. The molecular formula is C10H9NO4S. The highest BCUT2D eigenvalue weighted by molar-refractivity contribution is 7.90. The minimum absolute atomic E-state index is 0.0901. The number of sulfonamides is 1. The molecule has 0 aromatic heterocycles. The average molecular weight is 239 g/mol. The summed E-state index contributed by atoms with van der Waals surface area (Å²) >= 11 is 0. The summed E-state index contributed by atoms with van der Waals surface area (Å²) in [7, 11) is -3.98. The molecule has 1 aliphatic heterocycles. The van der Waals surface area contributed by atoms with Crippen molar-refractivity contribution in [1.82, 2.24) is 4.31 Å². The molecule has 0 unspecified atom stereocenters. The maximum atomic E-state index is 11.9. The molecule has 0 atom stereocenters. The molecule has 1 aliphatic rings. The summed E-state index contributed by atoms with van der Waals surface area (Å²) in [5.74, 6) is -1.55. The van der Waals surface area contributed by atoms with Gasteiger partial charge in [-0.05, 0) is 18.6 Å². The summed E-state index contributed by atoms with van der Waals surface area (Å²) < 4.78 is 24.1. The van der Waals surface area contributed by atoms with Gasteiger partial charge in [-0.3, -0.25) is 9.59 Å². The van der Waals surface area contributed by atoms with Gasteiger partial charge in [0.25, 0.3) is 15.9 Å². The lowest BCUT2D eigenvalue weighted by Crippen LogP contribution is -2.34. The highest BCUT2D eigenvalue weighted by atomic mass is 32.2. The Morgan fingerprint density at radius 2 is 1.94 bits per heavy atom. The Morgan fingerprint density at radius 1 is 1.31 bits per heavy atom. The molecule has 0 saturated heterocycles. The van der Waals surface area contributed by atoms with Crippen LogP contribution in [0.1, 0.15) is 22.8 Å². The lowest BCUT2D eigenvalue weighted by atomic mass is 10.1. The van der Waals surface area contributed by atoms with Gasteiger partial charge < -0.3 is 0 Å². The van der Waals surface area contributed by atoms with Gasteiger partial charge in [0.2, 0.25) is 5.91 Å². The molecule has 0 bridgehead atoms. The van der Waals surface area contributed by atoms with E-state index in [2.05, 4.69) is 0 Å². The van der Waals surface area contributed by atoms with Gasteiger partial charge in [-0.25, -0.2) is 8.42 Å². The van der Waals surface area contributed by atoms with Crippen LogP contribution in [0.5, 0.6) is 0 Å². The molecule has 0 radical (unpaired) electrons. The van der Waals surface area contributed by atoms with Crippen LogP contribution in [0, 0.1) is 6.92 Å². The van der Waals surface area contributed by atoms with E-state index >= 15 is 0 Å². The van der Waals surface area contributed by atoms with Crippen LogP contribution in [0.4, 0.5) is 0 Å². The molecule has 1 heterocycles. The summed E-state index contributed by atoms with van der Waals surface area (Å²) in [6.07, 6.45) is 0. The van der Waals surface area contributed by atoms with Crippen LogP contribution < -0.4 is 0 Å². The lowest BCUT2D eigenvalue weighted by molar-refractivity contribution is -0.122. The van der Waals surface area contributed by atoms with Gasteiger partial charge in [0.1, 0.15) is 4.90 Å². The van der Waals surface area contributed by atoms with Gasteiger partial charge in [-0.1, -0.05) is 12.1 Å². The van der Waals surface area contributed by atoms with Crippen molar-refractivity contribution in [2.45, 2.75) is 18.7 Å². The van der Waals surface area contributed by atoms with Crippen LogP contribution in [-0.4, -0.2) is 24.5 Å². The number of benzene rings is 1. The number of amides is 2. The lowest BCUT2D eigenvalue weighted by Gasteiger charge is -2.09. The minimum Gasteiger partial charge on any atom is -0.274 e. The molecule has 2 rings (SSSR count). The molecule has 6 heteroatoms. The Labute approximate surface area is 92.7 Å². The van der Waals surface area contributed by atoms with Crippen molar-refractivity contribution in [2.75, 3.05) is 0 Å². The number of hydrogen-bond donors (Lipinski definition) is 0. The van der Waals surface area contributed by atoms with E-state index in [0.717, 1.165) is 6.92 Å². The van der Waals surface area contributed by atoms with E-state index in [1.807, 2.05) is 0 Å². The van der Waals surface area contributed by atoms with Gasteiger partial charge in [0.05, 0.1) is 5.56 Å². The molecule has 0 spiro atoms. The van der Waals surface area contributed by atoms with E-state index in [0.29, 0.717) is 9.87 Å². The number of carbonyl (C=O) groups is 2. The van der Waals surface area contributed by atoms with Crippen LogP contribution in [0.15, 0.2) is 23.1 Å². The van der Waals surface area contributed by atoms with Gasteiger partial charge in [0.15, 0.2) is 0 Å². The topological polar surface area (TPSA) is 71.5 Å². The second-order valence-corrected chi connectivity index (χ2v) is 5.30. The standard InChI is InChI=1S/C10H9NO4S/c1-6-4-3-5-8-9(6)10(13)11(7(2)12)16(8,14)15/h3-5H,1-2H3. The zero-order chi connectivity index (χ0) is 12.1. The Bertz CT molecular complexity index is 603. The van der Waals surface area contributed by atoms with Crippen LogP contribution in [0.3, 0.4) is 0 Å². The molecule has 0 fully saturated rings. The smallest absolute Gasteiger partial charge is 0.274 e. The van der Waals surface area contributed by atoms with E-state index < -0.39 is 21.8 Å². The SMILES string of the molecule is CC(=O)N1C(=O)c2c(C)cccc2S1(=O)=O. The quantitative estimate of drug-likeness (QED) is 0.667. The number of nitrogens with zero attached hydrogens (tertiary/aromatic N) is 1. The molecule has 2 amide bonds. The zero-order valence-electron chi connectivity index (χ0n) is 8.72.